The molecule has 4 aliphatic carbocycles. The van der Waals surface area contributed by atoms with Crippen molar-refractivity contribution >= 4 is 17.9 Å². The molecule has 2 heterocycles. The number of hydrogen-bond donors (Lipinski definition) is 0. The third kappa shape index (κ3) is 2.47. The molecule has 0 saturated heterocycles. The lowest BCUT2D eigenvalue weighted by Crippen LogP contribution is -2.50. The van der Waals surface area contributed by atoms with Crippen LogP contribution < -0.4 is 0 Å². The first-order valence-corrected chi connectivity index (χ1v) is 9.98. The van der Waals surface area contributed by atoms with Gasteiger partial charge in [0.25, 0.3) is 0 Å². The Morgan fingerprint density at radius 1 is 1.19 bits per heavy atom. The number of rotatable bonds is 3. The van der Waals surface area contributed by atoms with Crippen molar-refractivity contribution in [1.82, 2.24) is 9.78 Å². The number of carbonyl (C=O) groups excluding carboxylic acids is 1. The number of aliphatic imine (C=N–C) groups is 1. The van der Waals surface area contributed by atoms with Gasteiger partial charge in [0.05, 0.1) is 5.69 Å². The molecule has 1 aliphatic heterocycles. The summed E-state index contributed by atoms with van der Waals surface area (Å²) in [6.07, 6.45) is 11.4. The summed E-state index contributed by atoms with van der Waals surface area (Å²) in [4.78, 5) is 17.3. The number of aryl methyl sites for hydroxylation is 1. The van der Waals surface area contributed by atoms with Gasteiger partial charge in [-0.15, -0.1) is 0 Å². The van der Waals surface area contributed by atoms with Crippen LogP contribution in [0.1, 0.15) is 69.5 Å². The second kappa shape index (κ2) is 5.54. The van der Waals surface area contributed by atoms with E-state index in [0.29, 0.717) is 17.5 Å². The lowest BCUT2D eigenvalue weighted by Gasteiger charge is -2.55. The van der Waals surface area contributed by atoms with Crippen LogP contribution in [0.4, 0.5) is 0 Å². The zero-order valence-corrected chi connectivity index (χ0v) is 15.9. The molecule has 26 heavy (non-hydrogen) atoms. The Labute approximate surface area is 154 Å². The topological polar surface area (TPSA) is 56.5 Å². The van der Waals surface area contributed by atoms with Crippen molar-refractivity contribution in [2.75, 3.05) is 0 Å². The number of hydrogen-bond acceptors (Lipinski definition) is 4. The van der Waals surface area contributed by atoms with Crippen LogP contribution in [0.2, 0.25) is 0 Å². The van der Waals surface area contributed by atoms with Crippen LogP contribution in [0.25, 0.3) is 6.08 Å². The fourth-order valence-corrected chi connectivity index (χ4v) is 6.24. The predicted molar refractivity (Wildman–Crippen MR) is 99.4 cm³/mol. The highest BCUT2D eigenvalue weighted by atomic mass is 16.6. The molecule has 0 radical (unpaired) electrons. The number of aromatic nitrogens is 2. The maximum Gasteiger partial charge on any atom is 0.363 e. The van der Waals surface area contributed by atoms with Crippen LogP contribution >= 0.6 is 0 Å². The largest absolute Gasteiger partial charge is 0.406 e. The Morgan fingerprint density at radius 2 is 1.81 bits per heavy atom. The molecule has 5 nitrogen and oxygen atoms in total. The molecule has 0 unspecified atom stereocenters. The van der Waals surface area contributed by atoms with Gasteiger partial charge in [0.2, 0.25) is 5.90 Å². The van der Waals surface area contributed by atoms with Crippen molar-refractivity contribution in [2.45, 2.75) is 58.3 Å². The zero-order chi connectivity index (χ0) is 18.1. The van der Waals surface area contributed by atoms with Crippen LogP contribution in [0.3, 0.4) is 0 Å². The molecule has 1 aromatic heterocycles. The van der Waals surface area contributed by atoms with Gasteiger partial charge < -0.3 is 4.74 Å². The van der Waals surface area contributed by atoms with Crippen LogP contribution in [0.5, 0.6) is 0 Å². The van der Waals surface area contributed by atoms with Crippen molar-refractivity contribution in [1.29, 1.82) is 0 Å². The number of nitrogens with zero attached hydrogens (tertiary/aromatic N) is 3. The summed E-state index contributed by atoms with van der Waals surface area (Å²) >= 11 is 0. The maximum atomic E-state index is 12.5. The Balaban J connectivity index is 1.49. The van der Waals surface area contributed by atoms with Gasteiger partial charge in [0.15, 0.2) is 5.70 Å². The molecule has 0 amide bonds. The first kappa shape index (κ1) is 16.3. The first-order chi connectivity index (χ1) is 12.4. The average molecular weight is 353 g/mol. The Hall–Kier alpha value is -1.91. The Bertz CT molecular complexity index is 795. The van der Waals surface area contributed by atoms with Crippen molar-refractivity contribution in [3.63, 3.8) is 0 Å². The highest BCUT2D eigenvalue weighted by Crippen LogP contribution is 2.61. The van der Waals surface area contributed by atoms with E-state index in [9.17, 15) is 4.79 Å². The smallest absolute Gasteiger partial charge is 0.363 e. The minimum atomic E-state index is -0.297. The summed E-state index contributed by atoms with van der Waals surface area (Å²) < 4.78 is 7.55. The van der Waals surface area contributed by atoms with E-state index >= 15 is 0 Å². The summed E-state index contributed by atoms with van der Waals surface area (Å²) in [5.74, 6) is 3.13. The molecule has 5 heteroatoms. The highest BCUT2D eigenvalue weighted by Gasteiger charge is 2.55. The molecular formula is C21H27N3O2. The van der Waals surface area contributed by atoms with Crippen molar-refractivity contribution in [3.05, 3.63) is 23.2 Å². The molecule has 4 saturated carbocycles. The van der Waals surface area contributed by atoms with Crippen molar-refractivity contribution in [2.24, 2.45) is 35.2 Å². The summed E-state index contributed by atoms with van der Waals surface area (Å²) in [6.45, 7) is 4.23. The minimum absolute atomic E-state index is 0.0236. The van der Waals surface area contributed by atoms with Gasteiger partial charge in [-0.3, -0.25) is 4.68 Å². The summed E-state index contributed by atoms with van der Waals surface area (Å²) in [5, 5.41) is 4.52. The van der Waals surface area contributed by atoms with Gasteiger partial charge in [-0.05, 0) is 68.3 Å². The standard InChI is InChI=1S/C21H27N3O2/c1-12(2)18-16(11-24(3)23-18)7-17-19(25)26-20(22-17)21-8-13-4-14(9-21)6-15(5-13)10-21/h7,11-15H,4-6,8-10H2,1-3H3/b17-7-. The molecular weight excluding hydrogens is 326 g/mol. The van der Waals surface area contributed by atoms with E-state index in [-0.39, 0.29) is 11.4 Å². The molecule has 138 valence electrons. The monoisotopic (exact) mass is 353 g/mol. The molecule has 6 rings (SSSR count). The lowest BCUT2D eigenvalue weighted by molar-refractivity contribution is -0.131. The van der Waals surface area contributed by atoms with E-state index in [1.165, 1.54) is 19.3 Å². The van der Waals surface area contributed by atoms with E-state index in [0.717, 1.165) is 48.3 Å². The number of cyclic esters (lactones) is 1. The molecule has 0 N–H and O–H groups in total. The van der Waals surface area contributed by atoms with Crippen molar-refractivity contribution < 1.29 is 9.53 Å². The Kier molecular flexibility index (Phi) is 3.47. The fourth-order valence-electron chi connectivity index (χ4n) is 6.24. The van der Waals surface area contributed by atoms with E-state index in [2.05, 4.69) is 18.9 Å². The number of esters is 1. The predicted octanol–water partition coefficient (Wildman–Crippen LogP) is 4.06. The lowest BCUT2D eigenvalue weighted by atomic mass is 9.49. The molecule has 0 aromatic carbocycles. The third-order valence-corrected chi connectivity index (χ3v) is 6.84. The second-order valence-electron chi connectivity index (χ2n) is 9.33. The van der Waals surface area contributed by atoms with Crippen molar-refractivity contribution in [3.8, 4) is 0 Å². The SMILES string of the molecule is CC(C)c1nn(C)cc1/C=C1\N=C(C23CC4CC(CC(C4)C2)C3)OC1=O. The second-order valence-corrected chi connectivity index (χ2v) is 9.33. The van der Waals surface area contributed by atoms with Crippen LogP contribution in [-0.2, 0) is 16.6 Å². The van der Waals surface area contributed by atoms with Gasteiger partial charge in [0, 0.05) is 24.2 Å². The minimum Gasteiger partial charge on any atom is -0.406 e. The molecule has 0 spiro atoms. The highest BCUT2D eigenvalue weighted by molar-refractivity contribution is 6.09. The number of ether oxygens (including phenoxy) is 1. The van der Waals surface area contributed by atoms with E-state index < -0.39 is 0 Å². The van der Waals surface area contributed by atoms with Gasteiger partial charge >= 0.3 is 5.97 Å². The van der Waals surface area contributed by atoms with E-state index in [1.807, 2.05) is 19.3 Å². The fraction of sp³-hybridized carbons (Fsp3) is 0.667. The Morgan fingerprint density at radius 3 is 2.38 bits per heavy atom. The van der Waals surface area contributed by atoms with Gasteiger partial charge in [-0.25, -0.2) is 9.79 Å². The quantitative estimate of drug-likeness (QED) is 0.608. The van der Waals surface area contributed by atoms with Gasteiger partial charge in [-0.1, -0.05) is 13.8 Å². The van der Waals surface area contributed by atoms with Gasteiger partial charge in [-0.2, -0.15) is 5.10 Å². The normalized spacial score (nSPS) is 36.9. The summed E-state index contributed by atoms with van der Waals surface area (Å²) in [6, 6.07) is 0. The molecule has 0 atom stereocenters. The molecule has 4 bridgehead atoms. The summed E-state index contributed by atoms with van der Waals surface area (Å²) in [5.41, 5.74) is 2.41. The zero-order valence-electron chi connectivity index (χ0n) is 15.9. The van der Waals surface area contributed by atoms with Crippen LogP contribution in [-0.4, -0.2) is 21.6 Å². The van der Waals surface area contributed by atoms with Gasteiger partial charge in [0.1, 0.15) is 0 Å². The maximum absolute atomic E-state index is 12.5. The number of carbonyl (C=O) groups is 1. The molecule has 1 aromatic rings. The summed E-state index contributed by atoms with van der Waals surface area (Å²) in [7, 11) is 1.91. The van der Waals surface area contributed by atoms with Crippen LogP contribution in [0, 0.1) is 23.2 Å². The third-order valence-electron chi connectivity index (χ3n) is 6.84. The first-order valence-electron chi connectivity index (χ1n) is 9.98. The molecule has 4 fully saturated rings. The molecule has 5 aliphatic rings. The average Bonchev–Trinajstić information content (AvgIpc) is 3.10. The van der Waals surface area contributed by atoms with E-state index in [4.69, 9.17) is 9.73 Å². The van der Waals surface area contributed by atoms with E-state index in [1.54, 1.807) is 4.68 Å². The van der Waals surface area contributed by atoms with Crippen LogP contribution in [0.15, 0.2) is 16.9 Å².